The van der Waals surface area contributed by atoms with Gasteiger partial charge < -0.3 is 9.40 Å². The van der Waals surface area contributed by atoms with Crippen molar-refractivity contribution in [1.82, 2.24) is 9.99 Å². The number of nitrogens with zero attached hydrogens (tertiary/aromatic N) is 2. The SMILES string of the molecule is CC(=O)N1N=C(c2ccco2)CC1c1cc2ccc(C)cc2[nH]c1=O. The smallest absolute Gasteiger partial charge is 0.253 e. The second-order valence-corrected chi connectivity index (χ2v) is 6.25. The number of H-pyrrole nitrogens is 1. The van der Waals surface area contributed by atoms with Crippen LogP contribution in [0.1, 0.15) is 36.3 Å². The van der Waals surface area contributed by atoms with Gasteiger partial charge in [-0.2, -0.15) is 5.10 Å². The number of aromatic nitrogens is 1. The van der Waals surface area contributed by atoms with Gasteiger partial charge in [0.15, 0.2) is 0 Å². The van der Waals surface area contributed by atoms with Crippen LogP contribution in [0.15, 0.2) is 57.0 Å². The minimum Gasteiger partial charge on any atom is -0.463 e. The molecule has 0 saturated carbocycles. The van der Waals surface area contributed by atoms with Crippen LogP contribution in [-0.4, -0.2) is 21.6 Å². The molecule has 126 valence electrons. The molecule has 1 N–H and O–H groups in total. The first kappa shape index (κ1) is 15.4. The van der Waals surface area contributed by atoms with E-state index in [1.807, 2.05) is 31.2 Å². The molecule has 6 nitrogen and oxygen atoms in total. The highest BCUT2D eigenvalue weighted by Crippen LogP contribution is 2.32. The zero-order valence-corrected chi connectivity index (χ0v) is 13.9. The molecule has 2 aromatic heterocycles. The van der Waals surface area contributed by atoms with Crippen molar-refractivity contribution in [1.29, 1.82) is 0 Å². The number of rotatable bonds is 2. The second-order valence-electron chi connectivity index (χ2n) is 6.25. The number of hydrogen-bond acceptors (Lipinski definition) is 4. The zero-order valence-electron chi connectivity index (χ0n) is 13.9. The van der Waals surface area contributed by atoms with Crippen molar-refractivity contribution in [3.63, 3.8) is 0 Å². The standard InChI is InChI=1S/C19H17N3O3/c1-11-5-6-13-9-14(19(24)20-15(13)8-11)17-10-16(18-4-3-7-25-18)21-22(17)12(2)23/h3-9,17H,10H2,1-2H3,(H,20,24). The highest BCUT2D eigenvalue weighted by molar-refractivity contribution is 6.01. The molecule has 0 radical (unpaired) electrons. The van der Waals surface area contributed by atoms with E-state index in [2.05, 4.69) is 10.1 Å². The predicted molar refractivity (Wildman–Crippen MR) is 94.4 cm³/mol. The summed E-state index contributed by atoms with van der Waals surface area (Å²) in [6.07, 6.45) is 2.00. The van der Waals surface area contributed by atoms with Crippen LogP contribution in [0.5, 0.6) is 0 Å². The third-order valence-corrected chi connectivity index (χ3v) is 4.43. The third kappa shape index (κ3) is 2.65. The fraction of sp³-hybridized carbons (Fsp3) is 0.211. The number of benzene rings is 1. The molecule has 3 heterocycles. The van der Waals surface area contributed by atoms with Gasteiger partial charge in [-0.3, -0.25) is 9.59 Å². The summed E-state index contributed by atoms with van der Waals surface area (Å²) < 4.78 is 5.39. The molecule has 0 bridgehead atoms. The first-order valence-electron chi connectivity index (χ1n) is 8.07. The summed E-state index contributed by atoms with van der Waals surface area (Å²) in [6.45, 7) is 3.42. The molecule has 25 heavy (non-hydrogen) atoms. The van der Waals surface area contributed by atoms with Crippen LogP contribution in [-0.2, 0) is 4.79 Å². The minimum absolute atomic E-state index is 0.203. The lowest BCUT2D eigenvalue weighted by Crippen LogP contribution is -2.29. The lowest BCUT2D eigenvalue weighted by Gasteiger charge is -2.20. The molecule has 0 fully saturated rings. The second kappa shape index (κ2) is 5.73. The lowest BCUT2D eigenvalue weighted by atomic mass is 10.00. The number of furan rings is 1. The molecule has 1 atom stereocenters. The van der Waals surface area contributed by atoms with Crippen molar-refractivity contribution in [2.75, 3.05) is 0 Å². The molecule has 0 saturated heterocycles. The quantitative estimate of drug-likeness (QED) is 0.781. The minimum atomic E-state index is -0.438. The number of carbonyl (C=O) groups excluding carboxylic acids is 1. The van der Waals surface area contributed by atoms with E-state index in [-0.39, 0.29) is 11.5 Å². The van der Waals surface area contributed by atoms with E-state index >= 15 is 0 Å². The van der Waals surface area contributed by atoms with Gasteiger partial charge in [-0.1, -0.05) is 12.1 Å². The fourth-order valence-corrected chi connectivity index (χ4v) is 3.21. The molecular weight excluding hydrogens is 318 g/mol. The number of hydrazone groups is 1. The van der Waals surface area contributed by atoms with Crippen molar-refractivity contribution >= 4 is 22.5 Å². The maximum Gasteiger partial charge on any atom is 0.253 e. The Kier molecular flexibility index (Phi) is 3.53. The zero-order chi connectivity index (χ0) is 17.6. The Hall–Kier alpha value is -3.15. The number of hydrogen-bond donors (Lipinski definition) is 1. The Morgan fingerprint density at radius 2 is 2.16 bits per heavy atom. The number of aromatic amines is 1. The van der Waals surface area contributed by atoms with Gasteiger partial charge in [0.25, 0.3) is 5.56 Å². The average molecular weight is 335 g/mol. The van der Waals surface area contributed by atoms with Gasteiger partial charge in [0.1, 0.15) is 11.5 Å². The third-order valence-electron chi connectivity index (χ3n) is 4.43. The van der Waals surface area contributed by atoms with Crippen molar-refractivity contribution in [3.05, 3.63) is 69.9 Å². The predicted octanol–water partition coefficient (Wildman–Crippen LogP) is 3.13. The first-order chi connectivity index (χ1) is 12.0. The van der Waals surface area contributed by atoms with Crippen molar-refractivity contribution < 1.29 is 9.21 Å². The number of pyridine rings is 1. The summed E-state index contributed by atoms with van der Waals surface area (Å²) in [7, 11) is 0. The number of carbonyl (C=O) groups is 1. The maximum absolute atomic E-state index is 12.6. The van der Waals surface area contributed by atoms with E-state index in [1.54, 1.807) is 18.4 Å². The Balaban J connectivity index is 1.79. The largest absolute Gasteiger partial charge is 0.463 e. The summed E-state index contributed by atoms with van der Waals surface area (Å²) in [4.78, 5) is 27.6. The Bertz CT molecular complexity index is 1050. The molecule has 1 aliphatic rings. The van der Waals surface area contributed by atoms with Gasteiger partial charge in [-0.15, -0.1) is 0 Å². The first-order valence-corrected chi connectivity index (χ1v) is 8.07. The van der Waals surface area contributed by atoms with Crippen molar-refractivity contribution in [2.24, 2.45) is 5.10 Å². The molecule has 6 heteroatoms. The van der Waals surface area contributed by atoms with Crippen molar-refractivity contribution in [2.45, 2.75) is 26.3 Å². The van der Waals surface area contributed by atoms with Gasteiger partial charge in [-0.05, 0) is 42.1 Å². The Morgan fingerprint density at radius 1 is 1.32 bits per heavy atom. The van der Waals surface area contributed by atoms with Crippen LogP contribution in [0.25, 0.3) is 10.9 Å². The normalized spacial score (nSPS) is 17.1. The van der Waals surface area contributed by atoms with Crippen LogP contribution in [0.3, 0.4) is 0 Å². The monoisotopic (exact) mass is 335 g/mol. The van der Waals surface area contributed by atoms with Crippen LogP contribution in [0, 0.1) is 6.92 Å². The highest BCUT2D eigenvalue weighted by atomic mass is 16.3. The summed E-state index contributed by atoms with van der Waals surface area (Å²) >= 11 is 0. The van der Waals surface area contributed by atoms with E-state index in [4.69, 9.17) is 4.42 Å². The molecular formula is C19H17N3O3. The van der Waals surface area contributed by atoms with Gasteiger partial charge >= 0.3 is 0 Å². The van der Waals surface area contributed by atoms with Crippen LogP contribution >= 0.6 is 0 Å². The molecule has 1 unspecified atom stereocenters. The van der Waals surface area contributed by atoms with Gasteiger partial charge in [0, 0.05) is 24.4 Å². The number of amides is 1. The molecule has 4 rings (SSSR count). The maximum atomic E-state index is 12.6. The van der Waals surface area contributed by atoms with E-state index in [1.165, 1.54) is 11.9 Å². The van der Waals surface area contributed by atoms with Crippen LogP contribution in [0.2, 0.25) is 0 Å². The molecule has 1 aliphatic heterocycles. The summed E-state index contributed by atoms with van der Waals surface area (Å²) in [6, 6.07) is 10.9. The molecule has 0 aliphatic carbocycles. The van der Waals surface area contributed by atoms with E-state index < -0.39 is 6.04 Å². The van der Waals surface area contributed by atoms with Crippen molar-refractivity contribution in [3.8, 4) is 0 Å². The Morgan fingerprint density at radius 3 is 2.88 bits per heavy atom. The molecule has 0 spiro atoms. The molecule has 1 amide bonds. The Labute approximate surface area is 143 Å². The van der Waals surface area contributed by atoms with E-state index in [0.29, 0.717) is 23.5 Å². The van der Waals surface area contributed by atoms with Gasteiger partial charge in [0.05, 0.1) is 12.3 Å². The molecule has 3 aromatic rings. The number of fused-ring (bicyclic) bond motifs is 1. The summed E-state index contributed by atoms with van der Waals surface area (Å²) in [5, 5.41) is 6.67. The summed E-state index contributed by atoms with van der Waals surface area (Å²) in [5.74, 6) is 0.400. The highest BCUT2D eigenvalue weighted by Gasteiger charge is 2.34. The lowest BCUT2D eigenvalue weighted by molar-refractivity contribution is -0.130. The topological polar surface area (TPSA) is 78.7 Å². The van der Waals surface area contributed by atoms with Gasteiger partial charge in [0.2, 0.25) is 5.91 Å². The number of aryl methyl sites for hydroxylation is 1. The molecule has 1 aromatic carbocycles. The van der Waals surface area contributed by atoms with Gasteiger partial charge in [-0.25, -0.2) is 5.01 Å². The van der Waals surface area contributed by atoms with Crippen LogP contribution < -0.4 is 5.56 Å². The summed E-state index contributed by atoms with van der Waals surface area (Å²) in [5.41, 5.74) is 2.84. The number of nitrogens with one attached hydrogen (secondary N) is 1. The van der Waals surface area contributed by atoms with E-state index in [0.717, 1.165) is 16.5 Å². The van der Waals surface area contributed by atoms with E-state index in [9.17, 15) is 9.59 Å². The fourth-order valence-electron chi connectivity index (χ4n) is 3.21. The average Bonchev–Trinajstić information content (AvgIpc) is 3.23. The van der Waals surface area contributed by atoms with Crippen LogP contribution in [0.4, 0.5) is 0 Å².